The van der Waals surface area contributed by atoms with E-state index in [0.29, 0.717) is 0 Å². The van der Waals surface area contributed by atoms with E-state index in [1.54, 1.807) is 0 Å². The number of nitrogens with zero attached hydrogens (tertiary/aromatic N) is 2. The number of carbonyl (C=O) groups excluding carboxylic acids is 1. The molecule has 0 aromatic rings. The van der Waals surface area contributed by atoms with Crippen LogP contribution in [0, 0.1) is 16.2 Å². The van der Waals surface area contributed by atoms with E-state index in [1.165, 1.54) is 6.07 Å². The molecule has 0 N–H and O–H groups in total. The number of hydrogen-bond donors (Lipinski definition) is 0. The molecule has 0 rings (SSSR count). The Labute approximate surface area is 50.5 Å². The standard InChI is InChI=1S/C4H2N2O3/c5-3-1-2-4(7)9-6-8/h1-2H. The summed E-state index contributed by atoms with van der Waals surface area (Å²) in [6.07, 6.45) is 1.68. The molecule has 0 amide bonds. The SMILES string of the molecule is N#CC=CC(=O)ON=O. The van der Waals surface area contributed by atoms with Crippen LogP contribution in [-0.4, -0.2) is 5.97 Å². The lowest BCUT2D eigenvalue weighted by molar-refractivity contribution is -0.137. The first kappa shape index (κ1) is 7.30. The van der Waals surface area contributed by atoms with Gasteiger partial charge in [0.15, 0.2) is 5.34 Å². The lowest BCUT2D eigenvalue weighted by atomic mass is 10.5. The Bertz CT molecular complexity index is 179. The van der Waals surface area contributed by atoms with Crippen LogP contribution in [0.15, 0.2) is 17.5 Å². The lowest BCUT2D eigenvalue weighted by Gasteiger charge is -1.78. The molecule has 0 aliphatic carbocycles. The third-order valence-corrected chi connectivity index (χ3v) is 0.421. The van der Waals surface area contributed by atoms with Gasteiger partial charge in [-0.2, -0.15) is 5.26 Å². The van der Waals surface area contributed by atoms with E-state index < -0.39 is 5.97 Å². The highest BCUT2D eigenvalue weighted by atomic mass is 16.7. The fourth-order valence-corrected chi connectivity index (χ4v) is 0.172. The molecule has 0 aromatic carbocycles. The van der Waals surface area contributed by atoms with Crippen molar-refractivity contribution >= 4 is 5.97 Å². The maximum atomic E-state index is 10.0. The van der Waals surface area contributed by atoms with E-state index in [2.05, 4.69) is 4.84 Å². The minimum absolute atomic E-state index is 0.793. The van der Waals surface area contributed by atoms with Crippen molar-refractivity contribution in [1.82, 2.24) is 0 Å². The molecule has 0 saturated heterocycles. The Morgan fingerprint density at radius 2 is 2.44 bits per heavy atom. The van der Waals surface area contributed by atoms with E-state index in [1.807, 2.05) is 5.34 Å². The zero-order chi connectivity index (χ0) is 7.11. The summed E-state index contributed by atoms with van der Waals surface area (Å²) in [5.74, 6) is -0.952. The molecule has 0 aliphatic heterocycles. The second-order valence-corrected chi connectivity index (χ2v) is 0.947. The third-order valence-electron chi connectivity index (χ3n) is 0.421. The van der Waals surface area contributed by atoms with Gasteiger partial charge in [0.05, 0.1) is 6.07 Å². The van der Waals surface area contributed by atoms with Crippen LogP contribution in [0.5, 0.6) is 0 Å². The molecule has 0 heterocycles. The van der Waals surface area contributed by atoms with E-state index in [-0.39, 0.29) is 0 Å². The van der Waals surface area contributed by atoms with Crippen molar-refractivity contribution in [2.75, 3.05) is 0 Å². The Hall–Kier alpha value is -1.70. The van der Waals surface area contributed by atoms with E-state index in [4.69, 9.17) is 10.2 Å². The summed E-state index contributed by atoms with van der Waals surface area (Å²) >= 11 is 0. The van der Waals surface area contributed by atoms with Crippen LogP contribution in [0.2, 0.25) is 0 Å². The molecule has 46 valence electrons. The molecule has 0 atom stereocenters. The first-order chi connectivity index (χ1) is 4.31. The summed E-state index contributed by atoms with van der Waals surface area (Å²) in [5.41, 5.74) is 0. The third kappa shape index (κ3) is 4.15. The van der Waals surface area contributed by atoms with Gasteiger partial charge in [0.2, 0.25) is 0 Å². The summed E-state index contributed by atoms with van der Waals surface area (Å²) < 4.78 is 0. The van der Waals surface area contributed by atoms with Gasteiger partial charge in [0, 0.05) is 12.2 Å². The van der Waals surface area contributed by atoms with E-state index in [0.717, 1.165) is 12.2 Å². The zero-order valence-electron chi connectivity index (χ0n) is 4.27. The number of carbonyl (C=O) groups is 1. The second kappa shape index (κ2) is 4.46. The molecule has 0 aromatic heterocycles. The Morgan fingerprint density at radius 1 is 1.78 bits per heavy atom. The van der Waals surface area contributed by atoms with Crippen molar-refractivity contribution in [2.24, 2.45) is 5.34 Å². The summed E-state index contributed by atoms with van der Waals surface area (Å²) in [4.78, 5) is 22.8. The quantitative estimate of drug-likeness (QED) is 0.230. The van der Waals surface area contributed by atoms with Gasteiger partial charge in [-0.1, -0.05) is 0 Å². The summed E-state index contributed by atoms with van der Waals surface area (Å²) in [6.45, 7) is 0. The van der Waals surface area contributed by atoms with Crippen LogP contribution in [0.4, 0.5) is 0 Å². The molecule has 5 heteroatoms. The van der Waals surface area contributed by atoms with Crippen molar-refractivity contribution in [3.05, 3.63) is 17.1 Å². The molecule has 0 bridgehead atoms. The molecule has 5 nitrogen and oxygen atoms in total. The topological polar surface area (TPSA) is 79.5 Å². The predicted molar refractivity (Wildman–Crippen MR) is 26.6 cm³/mol. The molecular weight excluding hydrogens is 124 g/mol. The van der Waals surface area contributed by atoms with Crippen molar-refractivity contribution in [1.29, 1.82) is 5.26 Å². The van der Waals surface area contributed by atoms with Gasteiger partial charge < -0.3 is 0 Å². The minimum Gasteiger partial charge on any atom is -0.280 e. The fourth-order valence-electron chi connectivity index (χ4n) is 0.172. The molecule has 9 heavy (non-hydrogen) atoms. The van der Waals surface area contributed by atoms with Crippen LogP contribution >= 0.6 is 0 Å². The normalized spacial score (nSPS) is 8.33. The molecule has 0 unspecified atom stereocenters. The van der Waals surface area contributed by atoms with Gasteiger partial charge >= 0.3 is 5.97 Å². The van der Waals surface area contributed by atoms with Crippen molar-refractivity contribution in [3.63, 3.8) is 0 Å². The Morgan fingerprint density at radius 3 is 2.89 bits per heavy atom. The van der Waals surface area contributed by atoms with Gasteiger partial charge in [0.1, 0.15) is 0 Å². The highest BCUT2D eigenvalue weighted by Gasteiger charge is 1.92. The average Bonchev–Trinajstić information content (AvgIpc) is 1.85. The summed E-state index contributed by atoms with van der Waals surface area (Å²) in [7, 11) is 0. The van der Waals surface area contributed by atoms with Gasteiger partial charge in [0.25, 0.3) is 0 Å². The predicted octanol–water partition coefficient (Wildman–Crippen LogP) is 0.291. The van der Waals surface area contributed by atoms with Crippen LogP contribution in [0.3, 0.4) is 0 Å². The van der Waals surface area contributed by atoms with Crippen LogP contribution in [-0.2, 0) is 9.63 Å². The summed E-state index contributed by atoms with van der Waals surface area (Å²) in [6, 6.07) is 1.53. The highest BCUT2D eigenvalue weighted by molar-refractivity contribution is 5.82. The number of nitriles is 1. The fraction of sp³-hybridized carbons (Fsp3) is 0. The number of rotatable bonds is 2. The monoisotopic (exact) mass is 126 g/mol. The van der Waals surface area contributed by atoms with Crippen LogP contribution < -0.4 is 0 Å². The maximum Gasteiger partial charge on any atom is 0.362 e. The molecule has 0 radical (unpaired) electrons. The smallest absolute Gasteiger partial charge is 0.280 e. The average molecular weight is 126 g/mol. The minimum atomic E-state index is -0.952. The molecule has 0 spiro atoms. The van der Waals surface area contributed by atoms with Crippen molar-refractivity contribution < 1.29 is 9.63 Å². The largest absolute Gasteiger partial charge is 0.362 e. The van der Waals surface area contributed by atoms with Crippen molar-refractivity contribution in [3.8, 4) is 6.07 Å². The van der Waals surface area contributed by atoms with Crippen LogP contribution in [0.1, 0.15) is 0 Å². The Kier molecular flexibility index (Phi) is 3.62. The second-order valence-electron chi connectivity index (χ2n) is 0.947. The molecular formula is C4H2N2O3. The molecule has 0 aliphatic rings. The van der Waals surface area contributed by atoms with Gasteiger partial charge in [-0.05, 0) is 0 Å². The first-order valence-electron chi connectivity index (χ1n) is 1.91. The zero-order valence-corrected chi connectivity index (χ0v) is 4.27. The number of allylic oxidation sites excluding steroid dienone is 1. The summed E-state index contributed by atoms with van der Waals surface area (Å²) in [5, 5.41) is 9.66. The van der Waals surface area contributed by atoms with E-state index in [9.17, 15) is 4.79 Å². The van der Waals surface area contributed by atoms with E-state index >= 15 is 0 Å². The maximum absolute atomic E-state index is 10.0. The van der Waals surface area contributed by atoms with Crippen LogP contribution in [0.25, 0.3) is 0 Å². The van der Waals surface area contributed by atoms with Crippen molar-refractivity contribution in [2.45, 2.75) is 0 Å². The lowest BCUT2D eigenvalue weighted by Crippen LogP contribution is -1.91. The van der Waals surface area contributed by atoms with Gasteiger partial charge in [-0.15, -0.1) is 4.91 Å². The number of hydrogen-bond acceptors (Lipinski definition) is 5. The van der Waals surface area contributed by atoms with Gasteiger partial charge in [-0.3, -0.25) is 4.84 Å². The molecule has 0 saturated carbocycles. The Balaban J connectivity index is 3.66. The molecule has 0 fully saturated rings. The first-order valence-corrected chi connectivity index (χ1v) is 1.91. The van der Waals surface area contributed by atoms with Gasteiger partial charge in [-0.25, -0.2) is 4.79 Å². The highest BCUT2D eigenvalue weighted by Crippen LogP contribution is 1.79.